The molecule has 2 fully saturated rings. The molecule has 1 N–H and O–H groups in total. The Bertz CT molecular complexity index is 175. The summed E-state index contributed by atoms with van der Waals surface area (Å²) in [7, 11) is 0. The third kappa shape index (κ3) is 1.50. The van der Waals surface area contributed by atoms with Gasteiger partial charge in [-0.2, -0.15) is 0 Å². The highest BCUT2D eigenvalue weighted by molar-refractivity contribution is 4.93. The van der Waals surface area contributed by atoms with Crippen LogP contribution in [0.3, 0.4) is 0 Å². The van der Waals surface area contributed by atoms with Gasteiger partial charge in [0.15, 0.2) is 0 Å². The van der Waals surface area contributed by atoms with E-state index >= 15 is 0 Å². The zero-order valence-electron chi connectivity index (χ0n) is 8.08. The van der Waals surface area contributed by atoms with Crippen molar-refractivity contribution in [2.24, 2.45) is 5.41 Å². The first kappa shape index (κ1) is 8.52. The van der Waals surface area contributed by atoms with E-state index in [9.17, 15) is 5.11 Å². The fourth-order valence-electron chi connectivity index (χ4n) is 2.14. The standard InChI is InChI=1S/C10H19NO/c1-10(2)7-11(8-3-4-8)6-5-9(10)12/h8-9,12H,3-7H2,1-2H3. The van der Waals surface area contributed by atoms with Crippen molar-refractivity contribution >= 4 is 0 Å². The fraction of sp³-hybridized carbons (Fsp3) is 1.00. The number of piperidine rings is 1. The smallest absolute Gasteiger partial charge is 0.0615 e. The van der Waals surface area contributed by atoms with Crippen molar-refractivity contribution < 1.29 is 5.11 Å². The molecule has 1 aliphatic heterocycles. The predicted molar refractivity (Wildman–Crippen MR) is 49.0 cm³/mol. The average Bonchev–Trinajstić information content (AvgIpc) is 2.76. The molecular weight excluding hydrogens is 150 g/mol. The van der Waals surface area contributed by atoms with Crippen LogP contribution in [0.25, 0.3) is 0 Å². The molecule has 0 aromatic heterocycles. The van der Waals surface area contributed by atoms with Gasteiger partial charge in [0.05, 0.1) is 6.10 Å². The van der Waals surface area contributed by atoms with Gasteiger partial charge in [-0.25, -0.2) is 0 Å². The molecule has 12 heavy (non-hydrogen) atoms. The highest BCUT2D eigenvalue weighted by Gasteiger charge is 2.39. The highest BCUT2D eigenvalue weighted by Crippen LogP contribution is 2.35. The van der Waals surface area contributed by atoms with Gasteiger partial charge in [-0.15, -0.1) is 0 Å². The van der Waals surface area contributed by atoms with Crippen molar-refractivity contribution in [2.75, 3.05) is 13.1 Å². The molecule has 1 aliphatic carbocycles. The van der Waals surface area contributed by atoms with Gasteiger partial charge in [0, 0.05) is 24.5 Å². The van der Waals surface area contributed by atoms with Crippen molar-refractivity contribution in [3.63, 3.8) is 0 Å². The quantitative estimate of drug-likeness (QED) is 0.638. The Labute approximate surface area is 74.6 Å². The molecule has 0 aromatic rings. The van der Waals surface area contributed by atoms with Crippen LogP contribution in [0.2, 0.25) is 0 Å². The van der Waals surface area contributed by atoms with Gasteiger partial charge in [-0.1, -0.05) is 13.8 Å². The number of nitrogens with zero attached hydrogens (tertiary/aromatic N) is 1. The first-order valence-electron chi connectivity index (χ1n) is 5.02. The Balaban J connectivity index is 1.97. The summed E-state index contributed by atoms with van der Waals surface area (Å²) in [6, 6.07) is 0.858. The number of likely N-dealkylation sites (tertiary alicyclic amines) is 1. The third-order valence-electron chi connectivity index (χ3n) is 3.27. The van der Waals surface area contributed by atoms with E-state index in [1.165, 1.54) is 12.8 Å². The Kier molecular flexibility index (Phi) is 1.92. The minimum atomic E-state index is -0.0903. The summed E-state index contributed by atoms with van der Waals surface area (Å²) in [6.45, 7) is 6.53. The van der Waals surface area contributed by atoms with E-state index in [1.807, 2.05) is 0 Å². The van der Waals surface area contributed by atoms with Gasteiger partial charge in [0.25, 0.3) is 0 Å². The van der Waals surface area contributed by atoms with Crippen LogP contribution in [0.5, 0.6) is 0 Å². The van der Waals surface area contributed by atoms with Crippen molar-refractivity contribution in [1.29, 1.82) is 0 Å². The number of hydrogen-bond donors (Lipinski definition) is 1. The summed E-state index contributed by atoms with van der Waals surface area (Å²) in [5.74, 6) is 0. The van der Waals surface area contributed by atoms with Gasteiger partial charge >= 0.3 is 0 Å². The lowest BCUT2D eigenvalue weighted by Gasteiger charge is -2.42. The second kappa shape index (κ2) is 2.71. The number of aliphatic hydroxyl groups is 1. The molecule has 1 saturated heterocycles. The summed E-state index contributed by atoms with van der Waals surface area (Å²) >= 11 is 0. The topological polar surface area (TPSA) is 23.5 Å². The molecule has 2 rings (SSSR count). The molecule has 1 heterocycles. The van der Waals surface area contributed by atoms with E-state index in [4.69, 9.17) is 0 Å². The third-order valence-corrected chi connectivity index (χ3v) is 3.27. The van der Waals surface area contributed by atoms with E-state index in [1.54, 1.807) is 0 Å². The van der Waals surface area contributed by atoms with Crippen LogP contribution in [-0.4, -0.2) is 35.2 Å². The summed E-state index contributed by atoms with van der Waals surface area (Å²) in [5, 5.41) is 9.73. The van der Waals surface area contributed by atoms with E-state index in [-0.39, 0.29) is 11.5 Å². The Morgan fingerprint density at radius 2 is 1.92 bits per heavy atom. The second-order valence-electron chi connectivity index (χ2n) is 4.99. The van der Waals surface area contributed by atoms with E-state index in [0.29, 0.717) is 0 Å². The summed E-state index contributed by atoms with van der Waals surface area (Å²) < 4.78 is 0. The van der Waals surface area contributed by atoms with Crippen LogP contribution in [0.15, 0.2) is 0 Å². The fourth-order valence-corrected chi connectivity index (χ4v) is 2.14. The molecule has 2 heteroatoms. The molecule has 2 nitrogen and oxygen atoms in total. The SMILES string of the molecule is CC1(C)CN(C2CC2)CCC1O. The van der Waals surface area contributed by atoms with Gasteiger partial charge < -0.3 is 5.11 Å². The normalized spacial score (nSPS) is 36.8. The van der Waals surface area contributed by atoms with Crippen molar-refractivity contribution in [3.8, 4) is 0 Å². The first-order valence-corrected chi connectivity index (χ1v) is 5.02. The van der Waals surface area contributed by atoms with E-state index in [2.05, 4.69) is 18.7 Å². The lowest BCUT2D eigenvalue weighted by atomic mass is 9.81. The van der Waals surface area contributed by atoms with E-state index in [0.717, 1.165) is 25.6 Å². The molecule has 1 unspecified atom stereocenters. The molecule has 0 radical (unpaired) electrons. The summed E-state index contributed by atoms with van der Waals surface area (Å²) in [4.78, 5) is 2.55. The van der Waals surface area contributed by atoms with Gasteiger partial charge in [0.2, 0.25) is 0 Å². The molecule has 1 atom stereocenters. The van der Waals surface area contributed by atoms with Crippen LogP contribution >= 0.6 is 0 Å². The zero-order valence-corrected chi connectivity index (χ0v) is 8.08. The first-order chi connectivity index (χ1) is 5.59. The average molecular weight is 169 g/mol. The van der Waals surface area contributed by atoms with Crippen LogP contribution < -0.4 is 0 Å². The molecule has 0 aromatic carbocycles. The van der Waals surface area contributed by atoms with Crippen molar-refractivity contribution in [1.82, 2.24) is 4.90 Å². The molecule has 0 spiro atoms. The number of aliphatic hydroxyl groups excluding tert-OH is 1. The second-order valence-corrected chi connectivity index (χ2v) is 4.99. The van der Waals surface area contributed by atoms with Crippen molar-refractivity contribution in [2.45, 2.75) is 45.3 Å². The monoisotopic (exact) mass is 169 g/mol. The molecule has 0 amide bonds. The van der Waals surface area contributed by atoms with Gasteiger partial charge in [-0.05, 0) is 19.3 Å². The Hall–Kier alpha value is -0.0800. The molecule has 70 valence electrons. The van der Waals surface area contributed by atoms with Crippen LogP contribution in [-0.2, 0) is 0 Å². The van der Waals surface area contributed by atoms with E-state index < -0.39 is 0 Å². The highest BCUT2D eigenvalue weighted by atomic mass is 16.3. The van der Waals surface area contributed by atoms with Crippen LogP contribution in [0, 0.1) is 5.41 Å². The molecule has 1 saturated carbocycles. The van der Waals surface area contributed by atoms with Crippen LogP contribution in [0.1, 0.15) is 33.1 Å². The minimum Gasteiger partial charge on any atom is -0.392 e. The lowest BCUT2D eigenvalue weighted by Crippen LogP contribution is -2.49. The van der Waals surface area contributed by atoms with Crippen molar-refractivity contribution in [3.05, 3.63) is 0 Å². The maximum atomic E-state index is 9.73. The summed E-state index contributed by atoms with van der Waals surface area (Å²) in [5.41, 5.74) is 0.112. The molecule has 2 aliphatic rings. The van der Waals surface area contributed by atoms with Gasteiger partial charge in [0.1, 0.15) is 0 Å². The maximum Gasteiger partial charge on any atom is 0.0615 e. The van der Waals surface area contributed by atoms with Gasteiger partial charge in [-0.3, -0.25) is 4.90 Å². The molecule has 0 bridgehead atoms. The lowest BCUT2D eigenvalue weighted by molar-refractivity contribution is -0.0270. The molecular formula is C10H19NO. The maximum absolute atomic E-state index is 9.73. The predicted octanol–water partition coefficient (Wildman–Crippen LogP) is 1.24. The zero-order chi connectivity index (χ0) is 8.77. The Morgan fingerprint density at radius 3 is 2.42 bits per heavy atom. The number of hydrogen-bond acceptors (Lipinski definition) is 2. The minimum absolute atomic E-state index is 0.0903. The van der Waals surface area contributed by atoms with Crippen LogP contribution in [0.4, 0.5) is 0 Å². The number of rotatable bonds is 1. The Morgan fingerprint density at radius 1 is 1.25 bits per heavy atom. The summed E-state index contributed by atoms with van der Waals surface area (Å²) in [6.07, 6.45) is 3.63. The largest absolute Gasteiger partial charge is 0.392 e.